The molecule has 6 rings (SSSR count). The highest BCUT2D eigenvalue weighted by Crippen LogP contribution is 2.50. The third-order valence-corrected chi connectivity index (χ3v) is 8.09. The number of anilines is 1. The lowest BCUT2D eigenvalue weighted by Gasteiger charge is -2.24. The van der Waals surface area contributed by atoms with Crippen LogP contribution in [0, 0.1) is 0 Å². The maximum absolute atomic E-state index is 11.8. The summed E-state index contributed by atoms with van der Waals surface area (Å²) in [5.74, 6) is 0. The average Bonchev–Trinajstić information content (AvgIpc) is 3.46. The number of rotatable bonds is 5. The summed E-state index contributed by atoms with van der Waals surface area (Å²) in [5, 5.41) is 8.34. The smallest absolute Gasteiger partial charge is 0.413 e. The first kappa shape index (κ1) is 21.9. The van der Waals surface area contributed by atoms with Gasteiger partial charge in [-0.1, -0.05) is 23.5 Å². The number of thiazole rings is 1. The number of fused-ring (bicyclic) bond motifs is 3. The molecule has 8 nitrogen and oxygen atoms in total. The average molecular weight is 487 g/mol. The van der Waals surface area contributed by atoms with Crippen molar-refractivity contribution in [3.8, 4) is 27.5 Å². The zero-order valence-electron chi connectivity index (χ0n) is 19.9. The Kier molecular flexibility index (Phi) is 5.19. The Morgan fingerprint density at radius 3 is 2.63 bits per heavy atom. The van der Waals surface area contributed by atoms with Gasteiger partial charge in [-0.25, -0.2) is 14.5 Å². The summed E-state index contributed by atoms with van der Waals surface area (Å²) in [5.41, 5.74) is 7.59. The Labute approximate surface area is 207 Å². The normalized spacial score (nSPS) is 15.4. The van der Waals surface area contributed by atoms with Crippen molar-refractivity contribution in [2.24, 2.45) is 0 Å². The molecule has 1 saturated carbocycles. The molecule has 3 heterocycles. The molecule has 0 aliphatic heterocycles. The van der Waals surface area contributed by atoms with Crippen LogP contribution in [0.15, 0.2) is 48.8 Å². The first-order valence-electron chi connectivity index (χ1n) is 11.7. The van der Waals surface area contributed by atoms with Crippen LogP contribution in [0.3, 0.4) is 0 Å². The van der Waals surface area contributed by atoms with Crippen molar-refractivity contribution < 1.29 is 9.53 Å². The number of pyridine rings is 1. The van der Waals surface area contributed by atoms with Crippen LogP contribution < -0.4 is 5.32 Å². The molecule has 0 spiro atoms. The van der Waals surface area contributed by atoms with Gasteiger partial charge in [-0.2, -0.15) is 5.10 Å². The van der Waals surface area contributed by atoms with E-state index in [0.29, 0.717) is 5.13 Å². The van der Waals surface area contributed by atoms with Gasteiger partial charge < -0.3 is 4.74 Å². The summed E-state index contributed by atoms with van der Waals surface area (Å²) in [6.45, 7) is 0. The molecule has 1 N–H and O–H groups in total. The van der Waals surface area contributed by atoms with Gasteiger partial charge in [0.1, 0.15) is 0 Å². The van der Waals surface area contributed by atoms with Gasteiger partial charge in [0.05, 0.1) is 34.8 Å². The fraction of sp³-hybridized carbons (Fsp3) is 0.308. The number of methoxy groups -OCH3 is 1. The summed E-state index contributed by atoms with van der Waals surface area (Å²) >= 11 is 1.45. The van der Waals surface area contributed by atoms with Crippen LogP contribution in [0.4, 0.5) is 9.93 Å². The van der Waals surface area contributed by atoms with Crippen LogP contribution >= 0.6 is 11.3 Å². The zero-order valence-corrected chi connectivity index (χ0v) is 20.7. The van der Waals surface area contributed by atoms with Crippen molar-refractivity contribution in [3.63, 3.8) is 0 Å². The SMILES string of the molecule is COC(=O)Nc1nc2c(s1)-c1c(c(-c3cccnc3)nn1-c1ccc(C3(N(C)C)CC3)cc1)CC2. The van der Waals surface area contributed by atoms with E-state index in [2.05, 4.69) is 58.5 Å². The van der Waals surface area contributed by atoms with E-state index in [4.69, 9.17) is 9.84 Å². The van der Waals surface area contributed by atoms with Crippen LogP contribution in [0.2, 0.25) is 0 Å². The van der Waals surface area contributed by atoms with Crippen molar-refractivity contribution in [2.45, 2.75) is 31.2 Å². The summed E-state index contributed by atoms with van der Waals surface area (Å²) in [6, 6.07) is 12.7. The maximum Gasteiger partial charge on any atom is 0.413 e. The van der Waals surface area contributed by atoms with E-state index in [1.165, 1.54) is 42.4 Å². The molecule has 3 aromatic heterocycles. The standard InChI is InChI=1S/C26H26N6O2S/c1-31(2)26(12-13-26)17-6-8-18(9-7-17)32-22-19(21(30-32)16-5-4-14-27-15-16)10-11-20-23(22)35-24(28-20)29-25(33)34-3/h4-9,14-15H,10-13H2,1-3H3,(H,28,29,33). The molecule has 0 radical (unpaired) electrons. The van der Waals surface area contributed by atoms with Crippen molar-refractivity contribution in [2.75, 3.05) is 26.5 Å². The highest BCUT2D eigenvalue weighted by Gasteiger charge is 2.46. The van der Waals surface area contributed by atoms with Crippen molar-refractivity contribution >= 4 is 22.6 Å². The molecule has 35 heavy (non-hydrogen) atoms. The maximum atomic E-state index is 11.8. The van der Waals surface area contributed by atoms with E-state index in [1.54, 1.807) is 6.20 Å². The number of amides is 1. The number of carbonyl (C=O) groups is 1. The van der Waals surface area contributed by atoms with Crippen LogP contribution in [-0.4, -0.2) is 51.9 Å². The molecule has 9 heteroatoms. The Balaban J connectivity index is 1.48. The zero-order chi connectivity index (χ0) is 24.2. The number of nitrogens with one attached hydrogen (secondary N) is 1. The van der Waals surface area contributed by atoms with Crippen LogP contribution in [0.1, 0.15) is 29.7 Å². The largest absolute Gasteiger partial charge is 0.453 e. The molecule has 0 bridgehead atoms. The third-order valence-electron chi connectivity index (χ3n) is 7.07. The lowest BCUT2D eigenvalue weighted by Crippen LogP contribution is -2.27. The molecule has 178 valence electrons. The Morgan fingerprint density at radius 2 is 1.97 bits per heavy atom. The van der Waals surface area contributed by atoms with E-state index in [0.717, 1.165) is 46.1 Å². The minimum atomic E-state index is -0.522. The van der Waals surface area contributed by atoms with E-state index in [1.807, 2.05) is 23.0 Å². The fourth-order valence-electron chi connectivity index (χ4n) is 5.01. The van der Waals surface area contributed by atoms with Crippen molar-refractivity contribution in [1.29, 1.82) is 0 Å². The number of benzene rings is 1. The van der Waals surface area contributed by atoms with Gasteiger partial charge in [0.25, 0.3) is 0 Å². The number of aryl methyl sites for hydroxylation is 1. The van der Waals surface area contributed by atoms with Crippen molar-refractivity contribution in [3.05, 3.63) is 65.6 Å². The van der Waals surface area contributed by atoms with Gasteiger partial charge in [-0.05, 0) is 69.6 Å². The Morgan fingerprint density at radius 1 is 1.17 bits per heavy atom. The van der Waals surface area contributed by atoms with E-state index in [-0.39, 0.29) is 5.54 Å². The predicted octanol–water partition coefficient (Wildman–Crippen LogP) is 4.89. The lowest BCUT2D eigenvalue weighted by molar-refractivity contribution is 0.187. The fourth-order valence-corrected chi connectivity index (χ4v) is 6.06. The number of aromatic nitrogens is 4. The highest BCUT2D eigenvalue weighted by atomic mass is 32.1. The van der Waals surface area contributed by atoms with Gasteiger partial charge in [0.15, 0.2) is 5.13 Å². The van der Waals surface area contributed by atoms with Crippen LogP contribution in [0.25, 0.3) is 27.5 Å². The molecule has 0 saturated heterocycles. The molecular formula is C26H26N6O2S. The molecule has 0 atom stereocenters. The van der Waals surface area contributed by atoms with Gasteiger partial charge in [-0.15, -0.1) is 0 Å². The predicted molar refractivity (Wildman–Crippen MR) is 136 cm³/mol. The molecule has 1 fully saturated rings. The number of ether oxygens (including phenoxy) is 1. The van der Waals surface area contributed by atoms with Gasteiger partial charge in [-0.3, -0.25) is 15.2 Å². The second kappa shape index (κ2) is 8.28. The molecule has 1 amide bonds. The monoisotopic (exact) mass is 486 g/mol. The summed E-state index contributed by atoms with van der Waals surface area (Å²) in [6.07, 6.45) is 7.07. The van der Waals surface area contributed by atoms with E-state index >= 15 is 0 Å². The third kappa shape index (κ3) is 3.62. The first-order chi connectivity index (χ1) is 17.0. The quantitative estimate of drug-likeness (QED) is 0.433. The number of carbonyl (C=O) groups excluding carboxylic acids is 1. The van der Waals surface area contributed by atoms with Crippen LogP contribution in [0.5, 0.6) is 0 Å². The molecule has 2 aliphatic rings. The number of nitrogens with zero attached hydrogens (tertiary/aromatic N) is 5. The molecule has 1 aromatic carbocycles. The molecular weight excluding hydrogens is 460 g/mol. The minimum absolute atomic E-state index is 0.155. The number of hydrogen-bond acceptors (Lipinski definition) is 7. The second-order valence-corrected chi connectivity index (χ2v) is 10.2. The second-order valence-electron chi connectivity index (χ2n) is 9.21. The topological polar surface area (TPSA) is 85.2 Å². The first-order valence-corrected chi connectivity index (χ1v) is 12.5. The summed E-state index contributed by atoms with van der Waals surface area (Å²) in [7, 11) is 5.65. The molecule has 0 unspecified atom stereocenters. The van der Waals surface area contributed by atoms with Crippen molar-refractivity contribution in [1.82, 2.24) is 24.6 Å². The van der Waals surface area contributed by atoms with Gasteiger partial charge >= 0.3 is 6.09 Å². The van der Waals surface area contributed by atoms with E-state index < -0.39 is 6.09 Å². The van der Waals surface area contributed by atoms with Crippen LogP contribution in [-0.2, 0) is 23.1 Å². The highest BCUT2D eigenvalue weighted by molar-refractivity contribution is 7.19. The van der Waals surface area contributed by atoms with Gasteiger partial charge in [0, 0.05) is 29.1 Å². The number of hydrogen-bond donors (Lipinski definition) is 1. The Bertz CT molecular complexity index is 1400. The molecule has 2 aliphatic carbocycles. The Hall–Kier alpha value is -3.56. The molecule has 4 aromatic rings. The lowest BCUT2D eigenvalue weighted by atomic mass is 9.95. The van der Waals surface area contributed by atoms with E-state index in [9.17, 15) is 4.79 Å². The summed E-state index contributed by atoms with van der Waals surface area (Å²) < 4.78 is 6.78. The summed E-state index contributed by atoms with van der Waals surface area (Å²) in [4.78, 5) is 24.1. The van der Waals surface area contributed by atoms with Gasteiger partial charge in [0.2, 0.25) is 0 Å². The minimum Gasteiger partial charge on any atom is -0.453 e.